The van der Waals surface area contributed by atoms with Crippen LogP contribution in [0.15, 0.2) is 48.5 Å². The first-order chi connectivity index (χ1) is 16.0. The third-order valence-electron chi connectivity index (χ3n) is 5.63. The van der Waals surface area contributed by atoms with E-state index in [1.54, 1.807) is 18.7 Å². The number of methoxy groups -OCH3 is 2. The van der Waals surface area contributed by atoms with Crippen LogP contribution in [0.3, 0.4) is 0 Å². The van der Waals surface area contributed by atoms with Gasteiger partial charge >= 0.3 is 0 Å². The van der Waals surface area contributed by atoms with E-state index >= 15 is 0 Å². The van der Waals surface area contributed by atoms with Gasteiger partial charge in [0.15, 0.2) is 5.82 Å². The molecule has 4 aromatic rings. The number of hydrogen-bond acceptors (Lipinski definition) is 6. The zero-order valence-corrected chi connectivity index (χ0v) is 19.3. The van der Waals surface area contributed by atoms with Gasteiger partial charge in [0.1, 0.15) is 11.5 Å². The molecule has 0 fully saturated rings. The first-order valence-corrected chi connectivity index (χ1v) is 10.8. The third-order valence-corrected chi connectivity index (χ3v) is 5.63. The highest BCUT2D eigenvalue weighted by molar-refractivity contribution is 5.76. The first-order valence-electron chi connectivity index (χ1n) is 10.8. The summed E-state index contributed by atoms with van der Waals surface area (Å²) >= 11 is 0. The molecular weight excluding hydrogens is 418 g/mol. The molecule has 1 N–H and O–H groups in total. The number of nitrogens with zero attached hydrogens (tertiary/aromatic N) is 4. The van der Waals surface area contributed by atoms with Gasteiger partial charge in [-0.3, -0.25) is 4.79 Å². The number of amides is 1. The Labute approximate surface area is 192 Å². The maximum atomic E-state index is 12.4. The van der Waals surface area contributed by atoms with Crippen LogP contribution in [0, 0.1) is 13.8 Å². The summed E-state index contributed by atoms with van der Waals surface area (Å²) in [7, 11) is 3.26. The summed E-state index contributed by atoms with van der Waals surface area (Å²) in [5.41, 5.74) is 4.67. The van der Waals surface area contributed by atoms with E-state index in [-0.39, 0.29) is 5.91 Å². The number of ether oxygens (including phenoxy) is 2. The van der Waals surface area contributed by atoms with E-state index in [2.05, 4.69) is 20.4 Å². The second kappa shape index (κ2) is 9.68. The zero-order valence-electron chi connectivity index (χ0n) is 19.3. The van der Waals surface area contributed by atoms with Crippen molar-refractivity contribution in [2.24, 2.45) is 0 Å². The molecule has 4 rings (SSSR count). The molecular formula is C25H27N5O3. The molecule has 0 bridgehead atoms. The van der Waals surface area contributed by atoms with Gasteiger partial charge in [0, 0.05) is 29.9 Å². The molecule has 8 nitrogen and oxygen atoms in total. The maximum Gasteiger partial charge on any atom is 0.253 e. The Morgan fingerprint density at radius 2 is 1.76 bits per heavy atom. The summed E-state index contributed by atoms with van der Waals surface area (Å²) < 4.78 is 12.2. The molecule has 2 aromatic heterocycles. The predicted octanol–water partition coefficient (Wildman–Crippen LogP) is 3.67. The van der Waals surface area contributed by atoms with Crippen molar-refractivity contribution in [1.29, 1.82) is 0 Å². The molecule has 0 aliphatic rings. The van der Waals surface area contributed by atoms with Gasteiger partial charge in [0.25, 0.3) is 5.78 Å². The number of carbonyl (C=O) groups is 1. The lowest BCUT2D eigenvalue weighted by atomic mass is 10.1. The summed E-state index contributed by atoms with van der Waals surface area (Å²) in [6.45, 7) is 4.40. The Kier molecular flexibility index (Phi) is 6.53. The van der Waals surface area contributed by atoms with Crippen LogP contribution in [-0.4, -0.2) is 39.7 Å². The number of hydrogen-bond donors (Lipinski definition) is 1. The van der Waals surface area contributed by atoms with Gasteiger partial charge in [-0.05, 0) is 55.7 Å². The lowest BCUT2D eigenvalue weighted by Gasteiger charge is -2.11. The van der Waals surface area contributed by atoms with E-state index in [9.17, 15) is 4.79 Å². The average Bonchev–Trinajstić information content (AvgIpc) is 3.27. The van der Waals surface area contributed by atoms with E-state index in [0.717, 1.165) is 39.6 Å². The van der Waals surface area contributed by atoms with Gasteiger partial charge in [-0.2, -0.15) is 4.98 Å². The van der Waals surface area contributed by atoms with E-state index in [4.69, 9.17) is 9.47 Å². The molecule has 33 heavy (non-hydrogen) atoms. The van der Waals surface area contributed by atoms with E-state index in [0.29, 0.717) is 31.0 Å². The number of aromatic nitrogens is 4. The van der Waals surface area contributed by atoms with Crippen molar-refractivity contribution in [2.45, 2.75) is 33.2 Å². The van der Waals surface area contributed by atoms with Crippen molar-refractivity contribution < 1.29 is 14.3 Å². The normalized spacial score (nSPS) is 10.9. The Hall–Kier alpha value is -3.94. The lowest BCUT2D eigenvalue weighted by Crippen LogP contribution is -2.23. The van der Waals surface area contributed by atoms with Crippen LogP contribution in [0.5, 0.6) is 11.5 Å². The zero-order chi connectivity index (χ0) is 23.4. The monoisotopic (exact) mass is 445 g/mol. The van der Waals surface area contributed by atoms with Crippen LogP contribution >= 0.6 is 0 Å². The molecule has 2 heterocycles. The number of rotatable bonds is 8. The van der Waals surface area contributed by atoms with Crippen LogP contribution in [0.25, 0.3) is 17.2 Å². The molecule has 2 aromatic carbocycles. The Morgan fingerprint density at radius 3 is 2.48 bits per heavy atom. The molecule has 8 heteroatoms. The van der Waals surface area contributed by atoms with Crippen molar-refractivity contribution in [3.8, 4) is 22.9 Å². The van der Waals surface area contributed by atoms with Gasteiger partial charge in [0.05, 0.1) is 14.2 Å². The van der Waals surface area contributed by atoms with Gasteiger partial charge in [0.2, 0.25) is 5.91 Å². The predicted molar refractivity (Wildman–Crippen MR) is 125 cm³/mol. The molecule has 0 saturated carbocycles. The number of nitrogens with one attached hydrogen (secondary N) is 1. The molecule has 0 atom stereocenters. The van der Waals surface area contributed by atoms with Gasteiger partial charge in [-0.1, -0.05) is 24.3 Å². The van der Waals surface area contributed by atoms with E-state index < -0.39 is 0 Å². The summed E-state index contributed by atoms with van der Waals surface area (Å²) in [6.07, 6.45) is 0.936. The van der Waals surface area contributed by atoms with Crippen LogP contribution in [-0.2, 0) is 17.8 Å². The summed E-state index contributed by atoms with van der Waals surface area (Å²) in [5.74, 6) is 2.64. The summed E-state index contributed by atoms with van der Waals surface area (Å²) in [5, 5.41) is 7.63. The topological polar surface area (TPSA) is 90.6 Å². The van der Waals surface area contributed by atoms with Crippen LogP contribution in [0.1, 0.15) is 28.9 Å². The quantitative estimate of drug-likeness (QED) is 0.445. The molecule has 0 aliphatic heterocycles. The number of aryl methyl sites for hydroxylation is 2. The molecule has 0 radical (unpaired) electrons. The standard InChI is InChI=1S/C25H27N5O3/c1-16-22(12-13-23(31)26-15-18-8-10-20(32-3)11-9-18)17(2)30-25(27-16)28-24(29-30)19-6-5-7-21(14-19)33-4/h5-11,14H,12-13,15H2,1-4H3,(H,26,31). The largest absolute Gasteiger partial charge is 0.497 e. The SMILES string of the molecule is COc1ccc(CNC(=O)CCc2c(C)nc3nc(-c4cccc(OC)c4)nn3c2C)cc1. The third kappa shape index (κ3) is 4.95. The fourth-order valence-electron chi connectivity index (χ4n) is 3.73. The van der Waals surface area contributed by atoms with Crippen molar-refractivity contribution in [2.75, 3.05) is 14.2 Å². The highest BCUT2D eigenvalue weighted by atomic mass is 16.5. The van der Waals surface area contributed by atoms with Crippen LogP contribution in [0.2, 0.25) is 0 Å². The molecule has 0 saturated heterocycles. The summed E-state index contributed by atoms with van der Waals surface area (Å²) in [6, 6.07) is 15.3. The maximum absolute atomic E-state index is 12.4. The van der Waals surface area contributed by atoms with Gasteiger partial charge < -0.3 is 14.8 Å². The fraction of sp³-hybridized carbons (Fsp3) is 0.280. The lowest BCUT2D eigenvalue weighted by molar-refractivity contribution is -0.121. The fourth-order valence-corrected chi connectivity index (χ4v) is 3.73. The van der Waals surface area contributed by atoms with Crippen molar-refractivity contribution >= 4 is 11.7 Å². The average molecular weight is 446 g/mol. The number of carbonyl (C=O) groups excluding carboxylic acids is 1. The number of fused-ring (bicyclic) bond motifs is 1. The number of benzene rings is 2. The second-order valence-electron chi connectivity index (χ2n) is 7.77. The minimum absolute atomic E-state index is 0.0135. The highest BCUT2D eigenvalue weighted by Crippen LogP contribution is 2.23. The van der Waals surface area contributed by atoms with Crippen molar-refractivity contribution in [3.05, 3.63) is 71.0 Å². The van der Waals surface area contributed by atoms with Crippen LogP contribution < -0.4 is 14.8 Å². The molecule has 0 spiro atoms. The van der Waals surface area contributed by atoms with Crippen molar-refractivity contribution in [3.63, 3.8) is 0 Å². The second-order valence-corrected chi connectivity index (χ2v) is 7.77. The van der Waals surface area contributed by atoms with Gasteiger partial charge in [-0.15, -0.1) is 5.10 Å². The molecule has 1 amide bonds. The minimum atomic E-state index is -0.0135. The Bertz CT molecular complexity index is 1280. The minimum Gasteiger partial charge on any atom is -0.497 e. The van der Waals surface area contributed by atoms with E-state index in [1.165, 1.54) is 0 Å². The summed E-state index contributed by atoms with van der Waals surface area (Å²) in [4.78, 5) is 21.7. The molecule has 0 aliphatic carbocycles. The van der Waals surface area contributed by atoms with Gasteiger partial charge in [-0.25, -0.2) is 9.50 Å². The van der Waals surface area contributed by atoms with Crippen molar-refractivity contribution in [1.82, 2.24) is 24.9 Å². The van der Waals surface area contributed by atoms with E-state index in [1.807, 2.05) is 62.4 Å². The smallest absolute Gasteiger partial charge is 0.253 e. The van der Waals surface area contributed by atoms with Crippen LogP contribution in [0.4, 0.5) is 0 Å². The Morgan fingerprint density at radius 1 is 1.00 bits per heavy atom. The molecule has 0 unspecified atom stereocenters. The molecule has 170 valence electrons. The first kappa shape index (κ1) is 22.3. The Balaban J connectivity index is 1.46. The highest BCUT2D eigenvalue weighted by Gasteiger charge is 2.16.